The molecule has 0 aromatic carbocycles. The summed E-state index contributed by atoms with van der Waals surface area (Å²) in [7, 11) is 0. The van der Waals surface area contributed by atoms with E-state index in [0.717, 1.165) is 19.3 Å². The normalized spacial score (nSPS) is 26.3. The van der Waals surface area contributed by atoms with Crippen LogP contribution in [0.5, 0.6) is 0 Å². The molecule has 1 rings (SSSR count). The largest absolute Gasteiger partial charge is 0.453 e. The zero-order valence-corrected chi connectivity index (χ0v) is 12.0. The van der Waals surface area contributed by atoms with Crippen LogP contribution in [-0.2, 0) is 9.47 Å². The highest BCUT2D eigenvalue weighted by Gasteiger charge is 2.78. The Balaban J connectivity index is 2.86. The summed E-state index contributed by atoms with van der Waals surface area (Å²) in [6, 6.07) is 0. The van der Waals surface area contributed by atoms with E-state index in [0.29, 0.717) is 6.42 Å². The quantitative estimate of drug-likeness (QED) is 0.508. The van der Waals surface area contributed by atoms with E-state index in [4.69, 9.17) is 0 Å². The van der Waals surface area contributed by atoms with Crippen molar-refractivity contribution in [3.05, 3.63) is 0 Å². The Hall–Kier alpha value is -0.500. The van der Waals surface area contributed by atoms with Gasteiger partial charge in [0.1, 0.15) is 0 Å². The molecule has 0 aromatic heterocycles. The molecule has 0 N–H and O–H groups in total. The summed E-state index contributed by atoms with van der Waals surface area (Å²) >= 11 is 0. The molecule has 0 bridgehead atoms. The molecule has 1 aliphatic rings. The highest BCUT2D eigenvalue weighted by Crippen LogP contribution is 2.52. The Labute approximate surface area is 119 Å². The van der Waals surface area contributed by atoms with Gasteiger partial charge in [0.05, 0.1) is 12.2 Å². The maximum atomic E-state index is 12.9. The minimum absolute atomic E-state index is 0.0341. The first kappa shape index (κ1) is 18.5. The van der Waals surface area contributed by atoms with E-state index >= 15 is 0 Å². The number of hydrogen-bond donors (Lipinski definition) is 0. The lowest BCUT2D eigenvalue weighted by Gasteiger charge is -2.31. The molecular formula is C13H20F6O2. The van der Waals surface area contributed by atoms with Gasteiger partial charge in [0.2, 0.25) is 0 Å². The van der Waals surface area contributed by atoms with Crippen molar-refractivity contribution in [1.29, 1.82) is 0 Å². The number of halogens is 6. The fourth-order valence-corrected chi connectivity index (χ4v) is 2.40. The van der Waals surface area contributed by atoms with Gasteiger partial charge in [0.25, 0.3) is 0 Å². The molecule has 0 amide bonds. The van der Waals surface area contributed by atoms with E-state index in [1.165, 1.54) is 6.92 Å². The van der Waals surface area contributed by atoms with Gasteiger partial charge in [-0.25, -0.2) is 0 Å². The fourth-order valence-electron chi connectivity index (χ4n) is 2.40. The SMILES string of the molecule is CCCCCC[C@@H]1OC(C(F)(F)F)(C(F)(F)F)O[C@H]1CC. The lowest BCUT2D eigenvalue weighted by molar-refractivity contribution is -0.446. The molecule has 0 spiro atoms. The third-order valence-corrected chi connectivity index (χ3v) is 3.54. The van der Waals surface area contributed by atoms with Gasteiger partial charge in [-0.15, -0.1) is 0 Å². The highest BCUT2D eigenvalue weighted by molar-refractivity contribution is 4.95. The molecule has 126 valence electrons. The smallest absolute Gasteiger partial charge is 0.329 e. The van der Waals surface area contributed by atoms with Crippen LogP contribution in [0.4, 0.5) is 26.3 Å². The number of ether oxygens (including phenoxy) is 2. The van der Waals surface area contributed by atoms with E-state index in [2.05, 4.69) is 9.47 Å². The predicted molar refractivity (Wildman–Crippen MR) is 63.6 cm³/mol. The third kappa shape index (κ3) is 3.83. The minimum Gasteiger partial charge on any atom is -0.329 e. The van der Waals surface area contributed by atoms with Gasteiger partial charge in [-0.05, 0) is 12.8 Å². The summed E-state index contributed by atoms with van der Waals surface area (Å²) in [6.45, 7) is 3.44. The lowest BCUT2D eigenvalue weighted by atomic mass is 10.0. The van der Waals surface area contributed by atoms with Crippen LogP contribution in [0.1, 0.15) is 52.4 Å². The molecule has 0 saturated carbocycles. The molecule has 0 radical (unpaired) electrons. The zero-order valence-electron chi connectivity index (χ0n) is 12.0. The summed E-state index contributed by atoms with van der Waals surface area (Å²) in [5, 5.41) is 0. The van der Waals surface area contributed by atoms with Crippen molar-refractivity contribution in [1.82, 2.24) is 0 Å². The average molecular weight is 322 g/mol. The van der Waals surface area contributed by atoms with Gasteiger partial charge in [0.15, 0.2) is 0 Å². The maximum Gasteiger partial charge on any atom is 0.453 e. The molecule has 2 atom stereocenters. The molecule has 1 fully saturated rings. The van der Waals surface area contributed by atoms with Gasteiger partial charge in [-0.3, -0.25) is 0 Å². The predicted octanol–water partition coefficient (Wildman–Crippen LogP) is 4.97. The number of alkyl halides is 6. The van der Waals surface area contributed by atoms with Crippen LogP contribution in [0.15, 0.2) is 0 Å². The number of unbranched alkanes of at least 4 members (excludes halogenated alkanes) is 3. The Kier molecular flexibility index (Phi) is 5.94. The number of rotatable bonds is 6. The van der Waals surface area contributed by atoms with E-state index in [9.17, 15) is 26.3 Å². The molecule has 2 nitrogen and oxygen atoms in total. The summed E-state index contributed by atoms with van der Waals surface area (Å²) in [5.74, 6) is -4.49. The summed E-state index contributed by atoms with van der Waals surface area (Å²) < 4.78 is 85.9. The van der Waals surface area contributed by atoms with Crippen molar-refractivity contribution in [2.24, 2.45) is 0 Å². The van der Waals surface area contributed by atoms with E-state index in [-0.39, 0.29) is 12.8 Å². The molecule has 0 aromatic rings. The van der Waals surface area contributed by atoms with Gasteiger partial charge >= 0.3 is 18.1 Å². The molecular weight excluding hydrogens is 302 g/mol. The first-order valence-electron chi connectivity index (χ1n) is 7.08. The van der Waals surface area contributed by atoms with Crippen LogP contribution < -0.4 is 0 Å². The van der Waals surface area contributed by atoms with Crippen LogP contribution in [0.2, 0.25) is 0 Å². The van der Waals surface area contributed by atoms with Gasteiger partial charge in [-0.2, -0.15) is 26.3 Å². The summed E-state index contributed by atoms with van der Waals surface area (Å²) in [4.78, 5) is 0. The van der Waals surface area contributed by atoms with E-state index in [1.54, 1.807) is 0 Å². The summed E-state index contributed by atoms with van der Waals surface area (Å²) in [5.41, 5.74) is 0. The minimum atomic E-state index is -5.66. The van der Waals surface area contributed by atoms with Gasteiger partial charge in [0, 0.05) is 0 Å². The number of hydrogen-bond acceptors (Lipinski definition) is 2. The van der Waals surface area contributed by atoms with Crippen LogP contribution in [0.3, 0.4) is 0 Å². The van der Waals surface area contributed by atoms with Crippen LogP contribution in [0.25, 0.3) is 0 Å². The lowest BCUT2D eigenvalue weighted by Crippen LogP contribution is -2.58. The molecule has 0 aliphatic carbocycles. The van der Waals surface area contributed by atoms with Crippen molar-refractivity contribution in [2.75, 3.05) is 0 Å². The van der Waals surface area contributed by atoms with Crippen LogP contribution in [0, 0.1) is 0 Å². The second kappa shape index (κ2) is 6.73. The van der Waals surface area contributed by atoms with Crippen molar-refractivity contribution in [2.45, 2.75) is 82.7 Å². The highest BCUT2D eigenvalue weighted by atomic mass is 19.4. The molecule has 21 heavy (non-hydrogen) atoms. The first-order chi connectivity index (χ1) is 9.59. The third-order valence-electron chi connectivity index (χ3n) is 3.54. The molecule has 1 heterocycles. The molecule has 1 saturated heterocycles. The van der Waals surface area contributed by atoms with Crippen molar-refractivity contribution in [3.8, 4) is 0 Å². The van der Waals surface area contributed by atoms with Gasteiger partial charge in [-0.1, -0.05) is 39.5 Å². The van der Waals surface area contributed by atoms with Gasteiger partial charge < -0.3 is 9.47 Å². The molecule has 0 unspecified atom stereocenters. The summed E-state index contributed by atoms with van der Waals surface area (Å²) in [6.07, 6.45) is -10.5. The van der Waals surface area contributed by atoms with Crippen molar-refractivity contribution in [3.63, 3.8) is 0 Å². The van der Waals surface area contributed by atoms with Crippen molar-refractivity contribution >= 4 is 0 Å². The van der Waals surface area contributed by atoms with E-state index < -0.39 is 30.3 Å². The first-order valence-corrected chi connectivity index (χ1v) is 7.08. The van der Waals surface area contributed by atoms with Crippen LogP contribution >= 0.6 is 0 Å². The fraction of sp³-hybridized carbons (Fsp3) is 1.00. The monoisotopic (exact) mass is 322 g/mol. The Morgan fingerprint density at radius 2 is 1.33 bits per heavy atom. The Morgan fingerprint density at radius 1 is 0.810 bits per heavy atom. The molecule has 8 heteroatoms. The topological polar surface area (TPSA) is 18.5 Å². The van der Waals surface area contributed by atoms with Crippen LogP contribution in [-0.4, -0.2) is 30.3 Å². The Bertz CT molecular complexity index is 312. The maximum absolute atomic E-state index is 12.9. The average Bonchev–Trinajstić information content (AvgIpc) is 2.74. The standard InChI is InChI=1S/C13H20F6O2/c1-3-5-6-7-8-10-9(4-2)20-11(21-10,12(14,15)16)13(17,18)19/h9-10H,3-8H2,1-2H3/t9-,10-/m0/s1. The zero-order chi connectivity index (χ0) is 16.3. The van der Waals surface area contributed by atoms with E-state index in [1.807, 2.05) is 6.92 Å². The Morgan fingerprint density at radius 3 is 1.76 bits per heavy atom. The van der Waals surface area contributed by atoms with Crippen molar-refractivity contribution < 1.29 is 35.8 Å². The molecule has 1 aliphatic heterocycles. The second-order valence-electron chi connectivity index (χ2n) is 5.18. The second-order valence-corrected chi connectivity index (χ2v) is 5.18.